The Morgan fingerprint density at radius 3 is 2.63 bits per heavy atom. The third-order valence-electron chi connectivity index (χ3n) is 2.64. The molecule has 2 rings (SSSR count). The number of anilines is 1. The highest BCUT2D eigenvalue weighted by molar-refractivity contribution is 7.98. The molecule has 19 heavy (non-hydrogen) atoms. The maximum absolute atomic E-state index is 13.0. The molecule has 0 saturated heterocycles. The lowest BCUT2D eigenvalue weighted by Gasteiger charge is -2.16. The average molecular weight is 298 g/mol. The molecule has 0 radical (unpaired) electrons. The van der Waals surface area contributed by atoms with Crippen molar-refractivity contribution in [3.63, 3.8) is 0 Å². The molecule has 0 saturated carbocycles. The second kappa shape index (κ2) is 6.21. The Morgan fingerprint density at radius 1 is 1.26 bits per heavy atom. The molecule has 1 N–H and O–H groups in total. The highest BCUT2D eigenvalue weighted by Crippen LogP contribution is 2.26. The van der Waals surface area contributed by atoms with Gasteiger partial charge < -0.3 is 5.32 Å². The third kappa shape index (κ3) is 3.58. The molecule has 1 atom stereocenters. The Morgan fingerprint density at radius 2 is 2.05 bits per heavy atom. The molecule has 0 aliphatic rings. The van der Waals surface area contributed by atoms with Crippen LogP contribution in [-0.4, -0.2) is 16.5 Å². The van der Waals surface area contributed by atoms with Crippen LogP contribution in [0, 0.1) is 5.82 Å². The summed E-state index contributed by atoms with van der Waals surface area (Å²) in [7, 11) is 0. The van der Waals surface area contributed by atoms with Crippen LogP contribution >= 0.6 is 23.4 Å². The first-order chi connectivity index (χ1) is 9.10. The van der Waals surface area contributed by atoms with Crippen LogP contribution in [0.3, 0.4) is 0 Å². The van der Waals surface area contributed by atoms with Crippen LogP contribution in [0.15, 0.2) is 35.4 Å². The zero-order valence-electron chi connectivity index (χ0n) is 10.5. The fourth-order valence-electron chi connectivity index (χ4n) is 1.66. The summed E-state index contributed by atoms with van der Waals surface area (Å²) in [5.74, 6) is 0.316. The number of rotatable bonds is 4. The van der Waals surface area contributed by atoms with E-state index in [-0.39, 0.29) is 11.9 Å². The molecule has 0 aliphatic carbocycles. The average Bonchev–Trinajstić information content (AvgIpc) is 2.39. The van der Waals surface area contributed by atoms with Crippen LogP contribution in [0.1, 0.15) is 18.5 Å². The van der Waals surface area contributed by atoms with E-state index in [9.17, 15) is 4.39 Å². The van der Waals surface area contributed by atoms with Crippen molar-refractivity contribution in [2.24, 2.45) is 0 Å². The van der Waals surface area contributed by atoms with Gasteiger partial charge in [0, 0.05) is 5.02 Å². The molecule has 0 amide bonds. The monoisotopic (exact) mass is 297 g/mol. The number of thioether (sulfide) groups is 1. The minimum atomic E-state index is -0.343. The third-order valence-corrected chi connectivity index (χ3v) is 3.61. The predicted octanol–water partition coefficient (Wildman–Crippen LogP) is 4.16. The maximum atomic E-state index is 13.0. The van der Waals surface area contributed by atoms with Gasteiger partial charge in [0.15, 0.2) is 0 Å². The Kier molecular flexibility index (Phi) is 4.61. The second-order valence-corrected chi connectivity index (χ2v) is 5.23. The summed E-state index contributed by atoms with van der Waals surface area (Å²) < 4.78 is 13.0. The Balaban J connectivity index is 2.13. The summed E-state index contributed by atoms with van der Waals surface area (Å²) in [5, 5.41) is 12.5. The molecule has 0 fully saturated rings. The van der Waals surface area contributed by atoms with E-state index >= 15 is 0 Å². The van der Waals surface area contributed by atoms with Crippen molar-refractivity contribution < 1.29 is 4.39 Å². The quantitative estimate of drug-likeness (QED) is 0.860. The molecule has 6 heteroatoms. The Hall–Kier alpha value is -1.33. The minimum Gasteiger partial charge on any atom is -0.362 e. The summed E-state index contributed by atoms with van der Waals surface area (Å²) in [6, 6.07) is 8.02. The fraction of sp³-hybridized carbons (Fsp3) is 0.231. The van der Waals surface area contributed by atoms with E-state index in [2.05, 4.69) is 15.5 Å². The lowest BCUT2D eigenvalue weighted by atomic mass is 10.1. The number of hydrogen-bond donors (Lipinski definition) is 1. The van der Waals surface area contributed by atoms with Crippen LogP contribution < -0.4 is 5.32 Å². The number of benzene rings is 1. The Labute approximate surface area is 120 Å². The smallest absolute Gasteiger partial charge is 0.149 e. The lowest BCUT2D eigenvalue weighted by Crippen LogP contribution is -2.09. The molecule has 0 spiro atoms. The van der Waals surface area contributed by atoms with Crippen LogP contribution in [-0.2, 0) is 0 Å². The zero-order chi connectivity index (χ0) is 13.8. The van der Waals surface area contributed by atoms with Crippen LogP contribution in [0.4, 0.5) is 10.2 Å². The summed E-state index contributed by atoms with van der Waals surface area (Å²) in [5.41, 5.74) is 0.818. The maximum Gasteiger partial charge on any atom is 0.149 e. The molecule has 0 aliphatic heterocycles. The molecular weight excluding hydrogens is 285 g/mol. The van der Waals surface area contributed by atoms with E-state index in [4.69, 9.17) is 11.6 Å². The number of nitrogens with one attached hydrogen (secondary N) is 1. The molecule has 1 aromatic carbocycles. The van der Waals surface area contributed by atoms with E-state index < -0.39 is 0 Å². The van der Waals surface area contributed by atoms with Gasteiger partial charge in [-0.15, -0.1) is 22.0 Å². The van der Waals surface area contributed by atoms with Gasteiger partial charge in [-0.25, -0.2) is 4.39 Å². The van der Waals surface area contributed by atoms with E-state index in [0.717, 1.165) is 10.6 Å². The highest BCUT2D eigenvalue weighted by atomic mass is 35.5. The minimum absolute atomic E-state index is 0.0810. The second-order valence-electron chi connectivity index (χ2n) is 3.99. The van der Waals surface area contributed by atoms with Crippen molar-refractivity contribution in [3.8, 4) is 0 Å². The molecule has 1 heterocycles. The largest absolute Gasteiger partial charge is 0.362 e. The summed E-state index contributed by atoms with van der Waals surface area (Å²) >= 11 is 7.55. The summed E-state index contributed by atoms with van der Waals surface area (Å²) in [6.07, 6.45) is 1.94. The summed E-state index contributed by atoms with van der Waals surface area (Å²) in [4.78, 5) is 0. The number of aromatic nitrogens is 2. The molecule has 100 valence electrons. The molecule has 1 aromatic heterocycles. The van der Waals surface area contributed by atoms with Gasteiger partial charge in [0.1, 0.15) is 16.7 Å². The highest BCUT2D eigenvalue weighted by Gasteiger charge is 2.11. The van der Waals surface area contributed by atoms with Crippen LogP contribution in [0.5, 0.6) is 0 Å². The van der Waals surface area contributed by atoms with Gasteiger partial charge in [0.2, 0.25) is 0 Å². The van der Waals surface area contributed by atoms with Gasteiger partial charge in [-0.1, -0.05) is 17.7 Å². The van der Waals surface area contributed by atoms with Gasteiger partial charge in [0.05, 0.1) is 6.04 Å². The van der Waals surface area contributed by atoms with Gasteiger partial charge in [-0.3, -0.25) is 0 Å². The van der Waals surface area contributed by atoms with Gasteiger partial charge >= 0.3 is 0 Å². The van der Waals surface area contributed by atoms with Crippen molar-refractivity contribution in [2.75, 3.05) is 11.6 Å². The first-order valence-electron chi connectivity index (χ1n) is 5.69. The predicted molar refractivity (Wildman–Crippen MR) is 77.3 cm³/mol. The van der Waals surface area contributed by atoms with Crippen molar-refractivity contribution in [2.45, 2.75) is 18.0 Å². The normalized spacial score (nSPS) is 12.2. The van der Waals surface area contributed by atoms with Crippen molar-refractivity contribution >= 4 is 29.2 Å². The molecule has 1 unspecified atom stereocenters. The van der Waals surface area contributed by atoms with Crippen molar-refractivity contribution in [1.29, 1.82) is 0 Å². The number of nitrogens with zero attached hydrogens (tertiary/aromatic N) is 2. The molecule has 2 aromatic rings. The van der Waals surface area contributed by atoms with Crippen LogP contribution in [0.25, 0.3) is 0 Å². The SMILES string of the molecule is CSc1ccc(NC(C)c2ccc(F)cc2Cl)nn1. The van der Waals surface area contributed by atoms with E-state index in [1.807, 2.05) is 25.3 Å². The van der Waals surface area contributed by atoms with E-state index in [0.29, 0.717) is 10.8 Å². The van der Waals surface area contributed by atoms with Gasteiger partial charge in [0.25, 0.3) is 0 Å². The molecule has 0 bridgehead atoms. The fourth-order valence-corrected chi connectivity index (χ4v) is 2.32. The van der Waals surface area contributed by atoms with Gasteiger partial charge in [-0.2, -0.15) is 0 Å². The van der Waals surface area contributed by atoms with Gasteiger partial charge in [-0.05, 0) is 43.0 Å². The number of hydrogen-bond acceptors (Lipinski definition) is 4. The lowest BCUT2D eigenvalue weighted by molar-refractivity contribution is 0.626. The standard InChI is InChI=1S/C13H13ClFN3S/c1-8(10-4-3-9(15)7-11(10)14)16-12-5-6-13(19-2)18-17-12/h3-8H,1-2H3,(H,16,17). The van der Waals surface area contributed by atoms with E-state index in [1.54, 1.807) is 6.07 Å². The van der Waals surface area contributed by atoms with Crippen molar-refractivity contribution in [1.82, 2.24) is 10.2 Å². The van der Waals surface area contributed by atoms with Crippen LogP contribution in [0.2, 0.25) is 5.02 Å². The first-order valence-corrected chi connectivity index (χ1v) is 7.29. The Bertz CT molecular complexity index is 562. The molecule has 3 nitrogen and oxygen atoms in total. The topological polar surface area (TPSA) is 37.8 Å². The first kappa shape index (κ1) is 14.1. The number of halogens is 2. The van der Waals surface area contributed by atoms with Crippen molar-refractivity contribution in [3.05, 3.63) is 46.7 Å². The molecular formula is C13H13ClFN3S. The summed E-state index contributed by atoms with van der Waals surface area (Å²) in [6.45, 7) is 1.93. The zero-order valence-corrected chi connectivity index (χ0v) is 12.1. The van der Waals surface area contributed by atoms with E-state index in [1.165, 1.54) is 23.9 Å².